The lowest BCUT2D eigenvalue weighted by Crippen LogP contribution is -2.45. The zero-order chi connectivity index (χ0) is 17.2. The van der Waals surface area contributed by atoms with Crippen molar-refractivity contribution in [2.75, 3.05) is 0 Å². The van der Waals surface area contributed by atoms with Crippen LogP contribution in [-0.4, -0.2) is 26.8 Å². The number of carbonyl (C=O) groups is 1. The predicted octanol–water partition coefficient (Wildman–Crippen LogP) is 2.53. The molecule has 2 aromatic rings. The number of hydrogen-bond donors (Lipinski definition) is 2. The summed E-state index contributed by atoms with van der Waals surface area (Å²) in [6.45, 7) is 3.31. The second kappa shape index (κ2) is 6.86. The molecular weight excluding hydrogens is 314 g/mol. The van der Waals surface area contributed by atoms with Gasteiger partial charge < -0.3 is 10.6 Å². The van der Waals surface area contributed by atoms with Crippen molar-refractivity contribution >= 4 is 6.03 Å². The number of rotatable bonds is 5. The van der Waals surface area contributed by atoms with Crippen molar-refractivity contribution < 1.29 is 4.79 Å². The van der Waals surface area contributed by atoms with Crippen LogP contribution in [0.2, 0.25) is 0 Å². The number of carbonyl (C=O) groups excluding carboxylic acids is 1. The molecule has 1 saturated carbocycles. The minimum Gasteiger partial charge on any atom is -0.334 e. The Balaban J connectivity index is 1.26. The molecule has 0 unspecified atom stereocenters. The molecule has 4 rings (SSSR count). The van der Waals surface area contributed by atoms with Gasteiger partial charge in [-0.05, 0) is 36.3 Å². The van der Waals surface area contributed by atoms with Crippen molar-refractivity contribution in [3.63, 3.8) is 0 Å². The van der Waals surface area contributed by atoms with Gasteiger partial charge in [-0.25, -0.2) is 14.5 Å². The largest absolute Gasteiger partial charge is 0.334 e. The van der Waals surface area contributed by atoms with Gasteiger partial charge in [0.2, 0.25) is 0 Å². The molecule has 132 valence electrons. The van der Waals surface area contributed by atoms with E-state index in [2.05, 4.69) is 51.9 Å². The molecule has 2 aliphatic rings. The van der Waals surface area contributed by atoms with E-state index in [1.807, 2.05) is 4.68 Å². The number of amides is 2. The van der Waals surface area contributed by atoms with E-state index in [0.717, 1.165) is 42.4 Å². The highest BCUT2D eigenvalue weighted by atomic mass is 16.2. The van der Waals surface area contributed by atoms with Crippen LogP contribution in [0.1, 0.15) is 54.9 Å². The predicted molar refractivity (Wildman–Crippen MR) is 95.3 cm³/mol. The second-order valence-corrected chi connectivity index (χ2v) is 7.06. The normalized spacial score (nSPS) is 19.3. The molecule has 25 heavy (non-hydrogen) atoms. The highest BCUT2D eigenvalue weighted by molar-refractivity contribution is 5.74. The lowest BCUT2D eigenvalue weighted by atomic mass is 10.1. The van der Waals surface area contributed by atoms with E-state index < -0.39 is 0 Å². The summed E-state index contributed by atoms with van der Waals surface area (Å²) >= 11 is 0. The number of hydrogen-bond acceptors (Lipinski definition) is 3. The van der Waals surface area contributed by atoms with E-state index in [1.165, 1.54) is 18.4 Å². The SMILES string of the molecule is CCc1nc2n(n1)C[C@@H](NC(=O)NCc1ccc(C3CC3)cc1)CC2. The molecule has 1 fully saturated rings. The Morgan fingerprint density at radius 2 is 2.04 bits per heavy atom. The maximum atomic E-state index is 12.2. The molecule has 1 aromatic carbocycles. The molecule has 0 spiro atoms. The molecule has 6 heteroatoms. The number of fused-ring (bicyclic) bond motifs is 1. The molecule has 1 aromatic heterocycles. The summed E-state index contributed by atoms with van der Waals surface area (Å²) < 4.78 is 1.93. The molecule has 6 nitrogen and oxygen atoms in total. The van der Waals surface area contributed by atoms with Crippen molar-refractivity contribution in [3.8, 4) is 0 Å². The Morgan fingerprint density at radius 1 is 1.24 bits per heavy atom. The fourth-order valence-electron chi connectivity index (χ4n) is 3.37. The molecule has 1 atom stereocenters. The number of aromatic nitrogens is 3. The number of urea groups is 1. The third kappa shape index (κ3) is 3.83. The minimum atomic E-state index is -0.115. The fraction of sp³-hybridized carbons (Fsp3) is 0.526. The fourth-order valence-corrected chi connectivity index (χ4v) is 3.37. The smallest absolute Gasteiger partial charge is 0.315 e. The topological polar surface area (TPSA) is 71.8 Å². The monoisotopic (exact) mass is 339 g/mol. The van der Waals surface area contributed by atoms with Gasteiger partial charge in [0.15, 0.2) is 5.82 Å². The summed E-state index contributed by atoms with van der Waals surface area (Å²) in [6, 6.07) is 8.59. The van der Waals surface area contributed by atoms with Gasteiger partial charge in [-0.15, -0.1) is 0 Å². The van der Waals surface area contributed by atoms with Crippen LogP contribution in [0.3, 0.4) is 0 Å². The van der Waals surface area contributed by atoms with Crippen molar-refractivity contribution in [1.82, 2.24) is 25.4 Å². The van der Waals surface area contributed by atoms with Gasteiger partial charge in [-0.3, -0.25) is 0 Å². The summed E-state index contributed by atoms with van der Waals surface area (Å²) in [4.78, 5) is 16.7. The molecule has 1 aliphatic carbocycles. The van der Waals surface area contributed by atoms with Crippen LogP contribution in [0.4, 0.5) is 4.79 Å². The van der Waals surface area contributed by atoms with Gasteiger partial charge in [0.05, 0.1) is 12.6 Å². The minimum absolute atomic E-state index is 0.108. The van der Waals surface area contributed by atoms with Crippen LogP contribution in [-0.2, 0) is 25.9 Å². The highest BCUT2D eigenvalue weighted by Crippen LogP contribution is 2.39. The van der Waals surface area contributed by atoms with Gasteiger partial charge in [0.1, 0.15) is 5.82 Å². The van der Waals surface area contributed by atoms with E-state index in [4.69, 9.17) is 0 Å². The number of benzene rings is 1. The third-order valence-electron chi connectivity index (χ3n) is 5.03. The lowest BCUT2D eigenvalue weighted by molar-refractivity contribution is 0.231. The average Bonchev–Trinajstić information content (AvgIpc) is 3.40. The maximum Gasteiger partial charge on any atom is 0.315 e. The van der Waals surface area contributed by atoms with Crippen molar-refractivity contribution in [3.05, 3.63) is 47.0 Å². The second-order valence-electron chi connectivity index (χ2n) is 7.06. The summed E-state index contributed by atoms with van der Waals surface area (Å²) in [5.41, 5.74) is 2.56. The van der Waals surface area contributed by atoms with Crippen LogP contribution < -0.4 is 10.6 Å². The number of nitrogens with zero attached hydrogens (tertiary/aromatic N) is 3. The first kappa shape index (κ1) is 16.1. The van der Waals surface area contributed by atoms with Crippen LogP contribution in [0.5, 0.6) is 0 Å². The average molecular weight is 339 g/mol. The van der Waals surface area contributed by atoms with E-state index in [-0.39, 0.29) is 12.1 Å². The van der Waals surface area contributed by atoms with Crippen molar-refractivity contribution in [1.29, 1.82) is 0 Å². The van der Waals surface area contributed by atoms with Gasteiger partial charge in [0.25, 0.3) is 0 Å². The summed E-state index contributed by atoms with van der Waals surface area (Å²) in [5.74, 6) is 2.69. The number of nitrogens with one attached hydrogen (secondary N) is 2. The molecule has 2 heterocycles. The first-order valence-electron chi connectivity index (χ1n) is 9.27. The van der Waals surface area contributed by atoms with Crippen LogP contribution in [0.25, 0.3) is 0 Å². The molecule has 2 amide bonds. The lowest BCUT2D eigenvalue weighted by Gasteiger charge is -2.23. The van der Waals surface area contributed by atoms with Crippen molar-refractivity contribution in [2.45, 2.75) is 64.1 Å². The Kier molecular flexibility index (Phi) is 4.42. The quantitative estimate of drug-likeness (QED) is 0.879. The molecular formula is C19H25N5O. The van der Waals surface area contributed by atoms with Crippen LogP contribution in [0, 0.1) is 0 Å². The summed E-state index contributed by atoms with van der Waals surface area (Å²) in [5, 5.41) is 10.5. The zero-order valence-electron chi connectivity index (χ0n) is 14.7. The first-order valence-corrected chi connectivity index (χ1v) is 9.27. The molecule has 0 radical (unpaired) electrons. The van der Waals surface area contributed by atoms with Crippen LogP contribution in [0.15, 0.2) is 24.3 Å². The Hall–Kier alpha value is -2.37. The van der Waals surface area contributed by atoms with Crippen molar-refractivity contribution in [2.24, 2.45) is 0 Å². The first-order chi connectivity index (χ1) is 12.2. The van der Waals surface area contributed by atoms with E-state index >= 15 is 0 Å². The Labute approximate surface area is 148 Å². The van der Waals surface area contributed by atoms with E-state index in [0.29, 0.717) is 13.1 Å². The highest BCUT2D eigenvalue weighted by Gasteiger charge is 2.23. The van der Waals surface area contributed by atoms with Gasteiger partial charge in [-0.1, -0.05) is 31.2 Å². The third-order valence-corrected chi connectivity index (χ3v) is 5.03. The Morgan fingerprint density at radius 3 is 2.76 bits per heavy atom. The van der Waals surface area contributed by atoms with Gasteiger partial charge in [0, 0.05) is 19.4 Å². The summed E-state index contributed by atoms with van der Waals surface area (Å²) in [6.07, 6.45) is 5.24. The van der Waals surface area contributed by atoms with Gasteiger partial charge in [-0.2, -0.15) is 5.10 Å². The van der Waals surface area contributed by atoms with E-state index in [9.17, 15) is 4.79 Å². The summed E-state index contributed by atoms with van der Waals surface area (Å²) in [7, 11) is 0. The van der Waals surface area contributed by atoms with E-state index in [1.54, 1.807) is 0 Å². The zero-order valence-corrected chi connectivity index (χ0v) is 14.7. The molecule has 0 saturated heterocycles. The molecule has 2 N–H and O–H groups in total. The molecule has 0 bridgehead atoms. The standard InChI is InChI=1S/C19H25N5O/c1-2-17-22-18-10-9-16(12-24(18)23-17)21-19(25)20-11-13-3-5-14(6-4-13)15-7-8-15/h3-6,15-16H,2,7-12H2,1H3,(H2,20,21,25)/t16-/m0/s1. The Bertz CT molecular complexity index is 748. The van der Waals surface area contributed by atoms with Crippen LogP contribution >= 0.6 is 0 Å². The van der Waals surface area contributed by atoms with Gasteiger partial charge >= 0.3 is 6.03 Å². The maximum absolute atomic E-state index is 12.2. The number of aryl methyl sites for hydroxylation is 2. The molecule has 1 aliphatic heterocycles.